The van der Waals surface area contributed by atoms with E-state index in [2.05, 4.69) is 11.8 Å². The highest BCUT2D eigenvalue weighted by Gasteiger charge is 2.14. The Balaban J connectivity index is 2.37. The summed E-state index contributed by atoms with van der Waals surface area (Å²) in [6.45, 7) is 3.97. The molecule has 2 heteroatoms. The first-order valence-electron chi connectivity index (χ1n) is 5.02. The lowest BCUT2D eigenvalue weighted by atomic mass is 10.0. The third-order valence-electron chi connectivity index (χ3n) is 2.75. The fraction of sp³-hybridized carbons (Fsp3) is 0.900. The van der Waals surface area contributed by atoms with Gasteiger partial charge in [0.2, 0.25) is 0 Å². The van der Waals surface area contributed by atoms with E-state index in [1.165, 1.54) is 32.1 Å². The Morgan fingerprint density at radius 2 is 2.08 bits per heavy atom. The van der Waals surface area contributed by atoms with Crippen LogP contribution in [0.1, 0.15) is 39.0 Å². The number of carbonyl (C=O) groups excluding carboxylic acids is 1. The molecule has 1 rings (SSSR count). The summed E-state index contributed by atoms with van der Waals surface area (Å²) in [6.07, 6.45) is 7.59. The van der Waals surface area contributed by atoms with Gasteiger partial charge in [-0.1, -0.05) is 19.3 Å². The smallest absolute Gasteiger partial charge is 0.133 e. The molecule has 0 aromatic heterocycles. The summed E-state index contributed by atoms with van der Waals surface area (Å²) in [5, 5.41) is 0. The fourth-order valence-corrected chi connectivity index (χ4v) is 1.88. The Hall–Kier alpha value is -0.370. The molecule has 0 unspecified atom stereocenters. The zero-order valence-corrected chi connectivity index (χ0v) is 7.96. The zero-order chi connectivity index (χ0) is 8.81. The molecule has 1 aliphatic heterocycles. The van der Waals surface area contributed by atoms with Crippen LogP contribution < -0.4 is 0 Å². The van der Waals surface area contributed by atoms with Crippen LogP contribution in [0.3, 0.4) is 0 Å². The molecule has 12 heavy (non-hydrogen) atoms. The highest BCUT2D eigenvalue weighted by Crippen LogP contribution is 2.15. The predicted octanol–water partition coefficient (Wildman–Crippen LogP) is 1.84. The van der Waals surface area contributed by atoms with Crippen LogP contribution >= 0.6 is 0 Å². The third kappa shape index (κ3) is 2.94. The summed E-state index contributed by atoms with van der Waals surface area (Å²) in [5.41, 5.74) is 0. The first-order valence-corrected chi connectivity index (χ1v) is 5.02. The SMILES string of the molecule is C[C@@H]1CCCCCCN1CC=O. The lowest BCUT2D eigenvalue weighted by Gasteiger charge is -2.29. The van der Waals surface area contributed by atoms with Crippen LogP contribution in [-0.4, -0.2) is 30.3 Å². The predicted molar refractivity (Wildman–Crippen MR) is 50.2 cm³/mol. The van der Waals surface area contributed by atoms with Gasteiger partial charge in [-0.15, -0.1) is 0 Å². The van der Waals surface area contributed by atoms with Crippen LogP contribution in [-0.2, 0) is 4.79 Å². The maximum atomic E-state index is 10.4. The number of aldehydes is 1. The second-order valence-corrected chi connectivity index (χ2v) is 3.71. The zero-order valence-electron chi connectivity index (χ0n) is 7.96. The van der Waals surface area contributed by atoms with Crippen molar-refractivity contribution in [3.05, 3.63) is 0 Å². The monoisotopic (exact) mass is 169 g/mol. The van der Waals surface area contributed by atoms with Gasteiger partial charge in [-0.05, 0) is 26.3 Å². The molecular weight excluding hydrogens is 150 g/mol. The molecule has 0 aromatic carbocycles. The summed E-state index contributed by atoms with van der Waals surface area (Å²) < 4.78 is 0. The van der Waals surface area contributed by atoms with E-state index in [0.29, 0.717) is 12.6 Å². The summed E-state index contributed by atoms with van der Waals surface area (Å²) in [6, 6.07) is 0.607. The minimum atomic E-state index is 0.607. The topological polar surface area (TPSA) is 20.3 Å². The molecule has 0 saturated carbocycles. The Morgan fingerprint density at radius 1 is 1.33 bits per heavy atom. The molecular formula is C10H19NO. The fourth-order valence-electron chi connectivity index (χ4n) is 1.88. The van der Waals surface area contributed by atoms with E-state index < -0.39 is 0 Å². The summed E-state index contributed by atoms with van der Waals surface area (Å²) in [4.78, 5) is 12.7. The molecule has 1 aliphatic rings. The molecule has 0 bridgehead atoms. The van der Waals surface area contributed by atoms with Crippen molar-refractivity contribution < 1.29 is 4.79 Å². The van der Waals surface area contributed by atoms with E-state index in [0.717, 1.165) is 12.8 Å². The van der Waals surface area contributed by atoms with E-state index in [1.54, 1.807) is 0 Å². The molecule has 1 atom stereocenters. The van der Waals surface area contributed by atoms with Gasteiger partial charge in [0.15, 0.2) is 0 Å². The summed E-state index contributed by atoms with van der Waals surface area (Å²) in [5.74, 6) is 0. The largest absolute Gasteiger partial charge is 0.302 e. The molecule has 1 heterocycles. The molecule has 0 spiro atoms. The van der Waals surface area contributed by atoms with Gasteiger partial charge in [0.25, 0.3) is 0 Å². The van der Waals surface area contributed by atoms with Gasteiger partial charge in [-0.3, -0.25) is 4.90 Å². The van der Waals surface area contributed by atoms with Crippen LogP contribution in [0.2, 0.25) is 0 Å². The van der Waals surface area contributed by atoms with E-state index in [9.17, 15) is 4.79 Å². The van der Waals surface area contributed by atoms with Crippen molar-refractivity contribution in [2.45, 2.75) is 45.1 Å². The Morgan fingerprint density at radius 3 is 2.83 bits per heavy atom. The van der Waals surface area contributed by atoms with Crippen LogP contribution in [0.25, 0.3) is 0 Å². The molecule has 1 saturated heterocycles. The van der Waals surface area contributed by atoms with E-state index in [4.69, 9.17) is 0 Å². The van der Waals surface area contributed by atoms with Crippen LogP contribution in [0.5, 0.6) is 0 Å². The number of hydrogen-bond acceptors (Lipinski definition) is 2. The van der Waals surface area contributed by atoms with E-state index in [1.807, 2.05) is 0 Å². The third-order valence-corrected chi connectivity index (χ3v) is 2.75. The van der Waals surface area contributed by atoms with Gasteiger partial charge in [0.1, 0.15) is 6.29 Å². The number of hydrogen-bond donors (Lipinski definition) is 0. The Bertz CT molecular complexity index is 136. The van der Waals surface area contributed by atoms with Crippen molar-refractivity contribution in [2.75, 3.05) is 13.1 Å². The van der Waals surface area contributed by atoms with Gasteiger partial charge in [-0.2, -0.15) is 0 Å². The van der Waals surface area contributed by atoms with Crippen molar-refractivity contribution in [3.63, 3.8) is 0 Å². The Kier molecular flexibility index (Phi) is 4.30. The van der Waals surface area contributed by atoms with Gasteiger partial charge in [0.05, 0.1) is 6.54 Å². The molecule has 0 N–H and O–H groups in total. The van der Waals surface area contributed by atoms with Gasteiger partial charge in [0, 0.05) is 6.04 Å². The first-order chi connectivity index (χ1) is 5.84. The average Bonchev–Trinajstić information content (AvgIpc) is 2.05. The van der Waals surface area contributed by atoms with Crippen molar-refractivity contribution in [3.8, 4) is 0 Å². The van der Waals surface area contributed by atoms with Crippen molar-refractivity contribution in [2.24, 2.45) is 0 Å². The first kappa shape index (κ1) is 9.72. The number of nitrogens with zero attached hydrogens (tertiary/aromatic N) is 1. The molecule has 2 nitrogen and oxygen atoms in total. The minimum Gasteiger partial charge on any atom is -0.302 e. The number of rotatable bonds is 2. The molecule has 70 valence electrons. The highest BCUT2D eigenvalue weighted by atomic mass is 16.1. The molecule has 0 aliphatic carbocycles. The molecule has 1 fully saturated rings. The maximum absolute atomic E-state index is 10.4. The summed E-state index contributed by atoms with van der Waals surface area (Å²) in [7, 11) is 0. The highest BCUT2D eigenvalue weighted by molar-refractivity contribution is 5.52. The maximum Gasteiger partial charge on any atom is 0.133 e. The van der Waals surface area contributed by atoms with Crippen molar-refractivity contribution >= 4 is 6.29 Å². The summed E-state index contributed by atoms with van der Waals surface area (Å²) >= 11 is 0. The number of carbonyl (C=O) groups is 1. The average molecular weight is 169 g/mol. The van der Waals surface area contributed by atoms with Crippen molar-refractivity contribution in [1.82, 2.24) is 4.90 Å². The molecule has 0 amide bonds. The van der Waals surface area contributed by atoms with Crippen LogP contribution in [0.4, 0.5) is 0 Å². The van der Waals surface area contributed by atoms with Crippen LogP contribution in [0.15, 0.2) is 0 Å². The second kappa shape index (κ2) is 5.31. The minimum absolute atomic E-state index is 0.607. The van der Waals surface area contributed by atoms with Gasteiger partial charge < -0.3 is 4.79 Å². The Labute approximate surface area is 74.9 Å². The molecule has 0 aromatic rings. The molecule has 0 radical (unpaired) electrons. The quantitative estimate of drug-likeness (QED) is 0.588. The van der Waals surface area contributed by atoms with Gasteiger partial charge >= 0.3 is 0 Å². The lowest BCUT2D eigenvalue weighted by molar-refractivity contribution is -0.109. The van der Waals surface area contributed by atoms with Crippen molar-refractivity contribution in [1.29, 1.82) is 0 Å². The second-order valence-electron chi connectivity index (χ2n) is 3.71. The number of likely N-dealkylation sites (tertiary alicyclic amines) is 1. The van der Waals surface area contributed by atoms with Crippen LogP contribution in [0, 0.1) is 0 Å². The van der Waals surface area contributed by atoms with Gasteiger partial charge in [-0.25, -0.2) is 0 Å². The van der Waals surface area contributed by atoms with E-state index in [-0.39, 0.29) is 0 Å². The van der Waals surface area contributed by atoms with E-state index >= 15 is 0 Å². The normalized spacial score (nSPS) is 27.6. The lowest BCUT2D eigenvalue weighted by Crippen LogP contribution is -2.36. The standard InChI is InChI=1S/C10H19NO/c1-10-6-4-2-3-5-7-11(10)8-9-12/h9-10H,2-8H2,1H3/t10-/m1/s1.